The first-order chi connectivity index (χ1) is 13.1. The molecule has 0 saturated carbocycles. The fourth-order valence-electron chi connectivity index (χ4n) is 4.61. The number of halogens is 1. The zero-order chi connectivity index (χ0) is 20.6. The van der Waals surface area contributed by atoms with Gasteiger partial charge in [-0.1, -0.05) is 18.5 Å². The Hall–Kier alpha value is -2.00. The first-order valence-electron chi connectivity index (χ1n) is 9.95. The summed E-state index contributed by atoms with van der Waals surface area (Å²) in [5.74, 6) is 1.18. The SMILES string of the molecule is COc1ccc(N=Cc2cc3c(cc2C)N(C(C)C)C(C)(C)CC3C)cc1Cl. The van der Waals surface area contributed by atoms with Crippen molar-refractivity contribution in [1.82, 2.24) is 0 Å². The third kappa shape index (κ3) is 3.91. The van der Waals surface area contributed by atoms with Crippen LogP contribution in [0.2, 0.25) is 5.02 Å². The molecule has 0 spiro atoms. The normalized spacial score (nSPS) is 18.6. The molecule has 150 valence electrons. The van der Waals surface area contributed by atoms with E-state index < -0.39 is 0 Å². The molecule has 0 saturated heterocycles. The molecule has 4 heteroatoms. The minimum Gasteiger partial charge on any atom is -0.495 e. The molecule has 1 aliphatic rings. The molecule has 3 rings (SSSR count). The van der Waals surface area contributed by atoms with Gasteiger partial charge in [-0.05, 0) is 94.0 Å². The van der Waals surface area contributed by atoms with E-state index in [9.17, 15) is 0 Å². The largest absolute Gasteiger partial charge is 0.495 e. The van der Waals surface area contributed by atoms with Crippen molar-refractivity contribution in [3.63, 3.8) is 0 Å². The Kier molecular flexibility index (Phi) is 5.77. The van der Waals surface area contributed by atoms with Crippen LogP contribution >= 0.6 is 11.6 Å². The van der Waals surface area contributed by atoms with Crippen molar-refractivity contribution in [1.29, 1.82) is 0 Å². The average Bonchev–Trinajstić information content (AvgIpc) is 2.59. The second-order valence-corrected chi connectivity index (χ2v) is 9.13. The highest BCUT2D eigenvalue weighted by Gasteiger charge is 2.37. The van der Waals surface area contributed by atoms with Gasteiger partial charge in [-0.3, -0.25) is 4.99 Å². The van der Waals surface area contributed by atoms with E-state index in [1.165, 1.54) is 16.8 Å². The molecule has 1 heterocycles. The molecule has 0 N–H and O–H groups in total. The first-order valence-corrected chi connectivity index (χ1v) is 10.3. The Morgan fingerprint density at radius 2 is 1.96 bits per heavy atom. The van der Waals surface area contributed by atoms with Gasteiger partial charge < -0.3 is 9.64 Å². The van der Waals surface area contributed by atoms with E-state index in [-0.39, 0.29) is 5.54 Å². The third-order valence-electron chi connectivity index (χ3n) is 5.67. The topological polar surface area (TPSA) is 24.8 Å². The van der Waals surface area contributed by atoms with Crippen molar-refractivity contribution >= 4 is 29.2 Å². The van der Waals surface area contributed by atoms with Gasteiger partial charge >= 0.3 is 0 Å². The van der Waals surface area contributed by atoms with Crippen molar-refractivity contribution in [2.75, 3.05) is 12.0 Å². The number of hydrogen-bond acceptors (Lipinski definition) is 3. The van der Waals surface area contributed by atoms with Gasteiger partial charge in [-0.2, -0.15) is 0 Å². The zero-order valence-electron chi connectivity index (χ0n) is 18.0. The van der Waals surface area contributed by atoms with Crippen molar-refractivity contribution in [2.45, 2.75) is 65.5 Å². The highest BCUT2D eigenvalue weighted by atomic mass is 35.5. The van der Waals surface area contributed by atoms with E-state index >= 15 is 0 Å². The molecule has 3 nitrogen and oxygen atoms in total. The Bertz CT molecular complexity index is 902. The lowest BCUT2D eigenvalue weighted by Crippen LogP contribution is -2.51. The molecule has 0 radical (unpaired) electrons. The summed E-state index contributed by atoms with van der Waals surface area (Å²) in [6, 6.07) is 10.7. The zero-order valence-corrected chi connectivity index (χ0v) is 18.8. The van der Waals surface area contributed by atoms with Gasteiger partial charge in [0.1, 0.15) is 5.75 Å². The standard InChI is InChI=1S/C24H31ClN2O/c1-15(2)27-22-10-16(3)18(11-20(22)17(4)13-24(27,5)6)14-26-19-8-9-23(28-7)21(25)12-19/h8-12,14-15,17H,13H2,1-7H3. The number of aryl methyl sites for hydroxylation is 1. The van der Waals surface area contributed by atoms with Crippen LogP contribution in [0.5, 0.6) is 5.75 Å². The van der Waals surface area contributed by atoms with Crippen LogP contribution in [0.15, 0.2) is 35.3 Å². The van der Waals surface area contributed by atoms with E-state index in [4.69, 9.17) is 16.3 Å². The van der Waals surface area contributed by atoms with Crippen molar-refractivity contribution in [2.24, 2.45) is 4.99 Å². The van der Waals surface area contributed by atoms with Gasteiger partial charge in [0.2, 0.25) is 0 Å². The monoisotopic (exact) mass is 398 g/mol. The van der Waals surface area contributed by atoms with E-state index in [0.717, 1.165) is 17.7 Å². The Morgan fingerprint density at radius 3 is 2.57 bits per heavy atom. The predicted molar refractivity (Wildman–Crippen MR) is 121 cm³/mol. The van der Waals surface area contributed by atoms with E-state index in [1.54, 1.807) is 7.11 Å². The highest BCUT2D eigenvalue weighted by Crippen LogP contribution is 2.45. The maximum Gasteiger partial charge on any atom is 0.137 e. The Labute approximate surface area is 174 Å². The van der Waals surface area contributed by atoms with Gasteiger partial charge in [0.15, 0.2) is 0 Å². The number of anilines is 1. The summed E-state index contributed by atoms with van der Waals surface area (Å²) < 4.78 is 5.21. The van der Waals surface area contributed by atoms with Crippen LogP contribution in [-0.4, -0.2) is 24.9 Å². The van der Waals surface area contributed by atoms with Crippen molar-refractivity contribution in [3.05, 3.63) is 52.0 Å². The molecule has 1 atom stereocenters. The van der Waals surface area contributed by atoms with Crippen LogP contribution < -0.4 is 9.64 Å². The molecule has 0 aromatic heterocycles. The number of methoxy groups -OCH3 is 1. The van der Waals surface area contributed by atoms with Gasteiger partial charge in [0.25, 0.3) is 0 Å². The molecule has 2 aromatic carbocycles. The molecule has 1 unspecified atom stereocenters. The molecule has 0 fully saturated rings. The van der Waals surface area contributed by atoms with Crippen LogP contribution in [0.4, 0.5) is 11.4 Å². The maximum atomic E-state index is 6.22. The molecule has 2 aromatic rings. The fraction of sp³-hybridized carbons (Fsp3) is 0.458. The minimum atomic E-state index is 0.155. The lowest BCUT2D eigenvalue weighted by atomic mass is 9.78. The summed E-state index contributed by atoms with van der Waals surface area (Å²) in [5.41, 5.74) is 6.14. The van der Waals surface area contributed by atoms with Crippen LogP contribution in [0, 0.1) is 6.92 Å². The fourth-order valence-corrected chi connectivity index (χ4v) is 4.86. The van der Waals surface area contributed by atoms with Crippen LogP contribution in [-0.2, 0) is 0 Å². The van der Waals surface area contributed by atoms with Crippen LogP contribution in [0.25, 0.3) is 0 Å². The summed E-state index contributed by atoms with van der Waals surface area (Å²) >= 11 is 6.22. The molecular formula is C24H31ClN2O. The third-order valence-corrected chi connectivity index (χ3v) is 5.96. The van der Waals surface area contributed by atoms with E-state index in [0.29, 0.717) is 22.7 Å². The lowest BCUT2D eigenvalue weighted by molar-refractivity contribution is 0.356. The maximum absolute atomic E-state index is 6.22. The van der Waals surface area contributed by atoms with E-state index in [1.807, 2.05) is 24.4 Å². The summed E-state index contributed by atoms with van der Waals surface area (Å²) in [6.45, 7) is 13.7. The predicted octanol–water partition coefficient (Wildman–Crippen LogP) is 6.91. The summed E-state index contributed by atoms with van der Waals surface area (Å²) in [7, 11) is 1.61. The van der Waals surface area contributed by atoms with Gasteiger partial charge in [-0.25, -0.2) is 0 Å². The number of ether oxygens (including phenoxy) is 1. The molecular weight excluding hydrogens is 368 g/mol. The van der Waals surface area contributed by atoms with Gasteiger partial charge in [0.05, 0.1) is 17.8 Å². The number of hydrogen-bond donors (Lipinski definition) is 0. The Balaban J connectivity index is 1.99. The summed E-state index contributed by atoms with van der Waals surface area (Å²) in [4.78, 5) is 7.22. The minimum absolute atomic E-state index is 0.155. The summed E-state index contributed by atoms with van der Waals surface area (Å²) in [5, 5.41) is 0.572. The molecule has 0 amide bonds. The first kappa shape index (κ1) is 20.7. The summed E-state index contributed by atoms with van der Waals surface area (Å²) in [6.07, 6.45) is 3.09. The Morgan fingerprint density at radius 1 is 1.25 bits per heavy atom. The molecule has 28 heavy (non-hydrogen) atoms. The second-order valence-electron chi connectivity index (χ2n) is 8.73. The number of aliphatic imine (C=N–C) groups is 1. The molecule has 0 aliphatic carbocycles. The van der Waals surface area contributed by atoms with Crippen LogP contribution in [0.1, 0.15) is 63.6 Å². The molecule has 1 aliphatic heterocycles. The number of benzene rings is 2. The van der Waals surface area contributed by atoms with Gasteiger partial charge in [-0.15, -0.1) is 0 Å². The molecule has 0 bridgehead atoms. The van der Waals surface area contributed by atoms with E-state index in [2.05, 4.69) is 63.6 Å². The van der Waals surface area contributed by atoms with Crippen molar-refractivity contribution < 1.29 is 4.74 Å². The second kappa shape index (κ2) is 7.79. The van der Waals surface area contributed by atoms with Crippen molar-refractivity contribution in [3.8, 4) is 5.75 Å². The van der Waals surface area contributed by atoms with Crippen LogP contribution in [0.3, 0.4) is 0 Å². The smallest absolute Gasteiger partial charge is 0.137 e. The highest BCUT2D eigenvalue weighted by molar-refractivity contribution is 6.32. The lowest BCUT2D eigenvalue weighted by Gasteiger charge is -2.50. The number of fused-ring (bicyclic) bond motifs is 1. The number of rotatable bonds is 4. The quantitative estimate of drug-likeness (QED) is 0.522. The van der Waals surface area contributed by atoms with Gasteiger partial charge in [0, 0.05) is 23.5 Å². The average molecular weight is 399 g/mol. The number of nitrogens with zero attached hydrogens (tertiary/aromatic N) is 2.